The zero-order valence-corrected chi connectivity index (χ0v) is 23.4. The van der Waals surface area contributed by atoms with E-state index in [4.69, 9.17) is 30.8 Å². The van der Waals surface area contributed by atoms with Gasteiger partial charge in [-0.05, 0) is 31.1 Å². The van der Waals surface area contributed by atoms with Crippen LogP contribution in [0.5, 0.6) is 11.5 Å². The van der Waals surface area contributed by atoms with Crippen LogP contribution in [0.1, 0.15) is 12.8 Å². The topological polar surface area (TPSA) is 120 Å². The van der Waals surface area contributed by atoms with E-state index in [1.54, 1.807) is 36.1 Å². The van der Waals surface area contributed by atoms with E-state index >= 15 is 0 Å². The Morgan fingerprint density at radius 1 is 1.15 bits per heavy atom. The average Bonchev–Trinajstić information content (AvgIpc) is 2.95. The zero-order chi connectivity index (χ0) is 28.2. The highest BCUT2D eigenvalue weighted by molar-refractivity contribution is 6.35. The number of carbonyl (C=O) groups excluding carboxylic acids is 1. The van der Waals surface area contributed by atoms with Gasteiger partial charge in [0.15, 0.2) is 0 Å². The third kappa shape index (κ3) is 5.91. The molecular weight excluding hydrogens is 536 g/mol. The Hall–Kier alpha value is -3.67. The molecule has 0 bridgehead atoms. The van der Waals surface area contributed by atoms with Crippen molar-refractivity contribution in [3.63, 3.8) is 0 Å². The fraction of sp³-hybridized carbons (Fsp3) is 0.429. The lowest BCUT2D eigenvalue weighted by molar-refractivity contribution is -0.118. The monoisotopic (exact) mass is 568 g/mol. The molecule has 2 N–H and O–H groups in total. The highest BCUT2D eigenvalue weighted by Gasteiger charge is 2.28. The number of aromatic nitrogens is 3. The van der Waals surface area contributed by atoms with Crippen molar-refractivity contribution >= 4 is 34.5 Å². The van der Waals surface area contributed by atoms with Crippen LogP contribution in [-0.4, -0.2) is 84.5 Å². The number of methoxy groups -OCH3 is 2. The van der Waals surface area contributed by atoms with Gasteiger partial charge in [0.05, 0.1) is 25.3 Å². The van der Waals surface area contributed by atoms with Gasteiger partial charge in [-0.3, -0.25) is 19.1 Å². The molecule has 5 rings (SSSR count). The number of hydrogen-bond acceptors (Lipinski definition) is 9. The number of halogens is 1. The van der Waals surface area contributed by atoms with E-state index < -0.39 is 0 Å². The van der Waals surface area contributed by atoms with Crippen LogP contribution in [0.2, 0.25) is 5.02 Å². The van der Waals surface area contributed by atoms with Crippen LogP contribution in [-0.2, 0) is 16.1 Å². The molecule has 212 valence electrons. The predicted molar refractivity (Wildman–Crippen MR) is 153 cm³/mol. The summed E-state index contributed by atoms with van der Waals surface area (Å²) in [6, 6.07) is 5.43. The minimum atomic E-state index is -0.238. The molecule has 40 heavy (non-hydrogen) atoms. The van der Waals surface area contributed by atoms with Crippen LogP contribution in [0, 0.1) is 0 Å². The van der Waals surface area contributed by atoms with Gasteiger partial charge in [0.25, 0.3) is 5.56 Å². The number of amides is 1. The van der Waals surface area contributed by atoms with E-state index in [1.807, 2.05) is 0 Å². The third-order valence-electron chi connectivity index (χ3n) is 7.27. The standard InChI is InChI=1S/C28H33ClN6O5/c1-4-24(36)31-19-15-34(16-19)7-8-35-26-17(14-30-28(33-26)32-18-5-9-40-10-6-18)11-22(27(35)37)21-12-20(38-2)13-23(39-3)25(21)29/h4,11-14,18-19H,1,5-10,15-16H2,2-3H3,(H,31,36)(H,30,32,33). The molecule has 2 fully saturated rings. The first kappa shape index (κ1) is 27.9. The molecule has 12 heteroatoms. The molecule has 2 aromatic heterocycles. The maximum Gasteiger partial charge on any atom is 0.260 e. The van der Waals surface area contributed by atoms with Gasteiger partial charge in [-0.2, -0.15) is 4.98 Å². The first-order valence-electron chi connectivity index (χ1n) is 13.2. The van der Waals surface area contributed by atoms with Crippen molar-refractivity contribution < 1.29 is 19.0 Å². The molecule has 2 aliphatic heterocycles. The van der Waals surface area contributed by atoms with Crippen molar-refractivity contribution in [3.05, 3.63) is 52.4 Å². The molecule has 0 unspecified atom stereocenters. The van der Waals surface area contributed by atoms with E-state index in [0.29, 0.717) is 84.0 Å². The Kier molecular flexibility index (Phi) is 8.53. The van der Waals surface area contributed by atoms with Crippen molar-refractivity contribution in [2.45, 2.75) is 31.5 Å². The van der Waals surface area contributed by atoms with E-state index in [0.717, 1.165) is 12.8 Å². The molecule has 2 saturated heterocycles. The fourth-order valence-corrected chi connectivity index (χ4v) is 5.32. The van der Waals surface area contributed by atoms with E-state index in [2.05, 4.69) is 27.1 Å². The van der Waals surface area contributed by atoms with Crippen LogP contribution in [0.25, 0.3) is 22.2 Å². The number of carbonyl (C=O) groups is 1. The van der Waals surface area contributed by atoms with E-state index in [1.165, 1.54) is 13.2 Å². The molecule has 3 aromatic rings. The molecule has 0 radical (unpaired) electrons. The molecule has 11 nitrogen and oxygen atoms in total. The maximum absolute atomic E-state index is 14.0. The van der Waals surface area contributed by atoms with Gasteiger partial charge >= 0.3 is 0 Å². The lowest BCUT2D eigenvalue weighted by atomic mass is 10.0. The summed E-state index contributed by atoms with van der Waals surface area (Å²) in [5.74, 6) is 1.20. The molecule has 2 aliphatic rings. The molecular formula is C28H33ClN6O5. The molecule has 4 heterocycles. The van der Waals surface area contributed by atoms with Gasteiger partial charge < -0.3 is 24.8 Å². The number of hydrogen-bond donors (Lipinski definition) is 2. The summed E-state index contributed by atoms with van der Waals surface area (Å²) in [7, 11) is 3.06. The number of pyridine rings is 1. The maximum atomic E-state index is 14.0. The number of fused-ring (bicyclic) bond motifs is 1. The molecule has 0 aliphatic carbocycles. The summed E-state index contributed by atoms with van der Waals surface area (Å²) >= 11 is 6.68. The number of anilines is 1. The van der Waals surface area contributed by atoms with Crippen LogP contribution in [0.3, 0.4) is 0 Å². The van der Waals surface area contributed by atoms with Crippen LogP contribution in [0.15, 0.2) is 41.8 Å². The van der Waals surface area contributed by atoms with Crippen molar-refractivity contribution in [2.75, 3.05) is 52.4 Å². The number of benzene rings is 1. The van der Waals surface area contributed by atoms with E-state index in [-0.39, 0.29) is 23.6 Å². The Bertz CT molecular complexity index is 1470. The number of ether oxygens (including phenoxy) is 3. The fourth-order valence-electron chi connectivity index (χ4n) is 5.03. The van der Waals surface area contributed by atoms with Crippen LogP contribution >= 0.6 is 11.6 Å². The number of nitrogens with one attached hydrogen (secondary N) is 2. The lowest BCUT2D eigenvalue weighted by Crippen LogP contribution is -2.59. The van der Waals surface area contributed by atoms with Gasteiger partial charge in [0.1, 0.15) is 17.1 Å². The molecule has 0 spiro atoms. The summed E-state index contributed by atoms with van der Waals surface area (Å²) in [5.41, 5.74) is 1.18. The molecule has 1 amide bonds. The second kappa shape index (κ2) is 12.2. The Labute approximate surface area is 237 Å². The summed E-state index contributed by atoms with van der Waals surface area (Å²) in [5, 5.41) is 7.30. The van der Waals surface area contributed by atoms with Crippen molar-refractivity contribution in [1.29, 1.82) is 0 Å². The molecule has 0 atom stereocenters. The van der Waals surface area contributed by atoms with Gasteiger partial charge in [0, 0.05) is 74.2 Å². The van der Waals surface area contributed by atoms with Gasteiger partial charge in [-0.15, -0.1) is 0 Å². The van der Waals surface area contributed by atoms with Gasteiger partial charge in [0.2, 0.25) is 11.9 Å². The van der Waals surface area contributed by atoms with Crippen LogP contribution < -0.4 is 25.7 Å². The number of rotatable bonds is 10. The first-order valence-corrected chi connectivity index (χ1v) is 13.6. The number of likely N-dealkylation sites (tertiary alicyclic amines) is 1. The molecule has 1 aromatic carbocycles. The first-order chi connectivity index (χ1) is 19.4. The quantitative estimate of drug-likeness (QED) is 0.356. The Morgan fingerprint density at radius 3 is 2.62 bits per heavy atom. The summed E-state index contributed by atoms with van der Waals surface area (Å²) < 4.78 is 18.0. The summed E-state index contributed by atoms with van der Waals surface area (Å²) in [6.07, 6.45) is 4.72. The Balaban J connectivity index is 1.51. The normalized spacial score (nSPS) is 16.4. The Morgan fingerprint density at radius 2 is 1.93 bits per heavy atom. The summed E-state index contributed by atoms with van der Waals surface area (Å²) in [6.45, 7) is 7.24. The van der Waals surface area contributed by atoms with Crippen molar-refractivity contribution in [1.82, 2.24) is 24.8 Å². The third-order valence-corrected chi connectivity index (χ3v) is 7.66. The average molecular weight is 569 g/mol. The SMILES string of the molecule is C=CC(=O)NC1CN(CCn2c(=O)c(-c3cc(OC)cc(OC)c3Cl)cc3cnc(NC4CCOCC4)nc32)C1. The molecule has 0 saturated carbocycles. The summed E-state index contributed by atoms with van der Waals surface area (Å²) in [4.78, 5) is 37.1. The minimum absolute atomic E-state index is 0.0611. The second-order valence-electron chi connectivity index (χ2n) is 9.88. The lowest BCUT2D eigenvalue weighted by Gasteiger charge is -2.39. The van der Waals surface area contributed by atoms with Crippen molar-refractivity contribution in [3.8, 4) is 22.6 Å². The highest BCUT2D eigenvalue weighted by Crippen LogP contribution is 2.38. The highest BCUT2D eigenvalue weighted by atomic mass is 35.5. The van der Waals surface area contributed by atoms with E-state index in [9.17, 15) is 9.59 Å². The largest absolute Gasteiger partial charge is 0.497 e. The minimum Gasteiger partial charge on any atom is -0.497 e. The van der Waals surface area contributed by atoms with Gasteiger partial charge in [-0.1, -0.05) is 18.2 Å². The smallest absolute Gasteiger partial charge is 0.260 e. The zero-order valence-electron chi connectivity index (χ0n) is 22.6. The van der Waals surface area contributed by atoms with Gasteiger partial charge in [-0.25, -0.2) is 4.98 Å². The van der Waals surface area contributed by atoms with Crippen molar-refractivity contribution in [2.24, 2.45) is 0 Å². The predicted octanol–water partition coefficient (Wildman–Crippen LogP) is 2.71. The second-order valence-corrected chi connectivity index (χ2v) is 10.3. The number of nitrogens with zero attached hydrogens (tertiary/aromatic N) is 4. The van der Waals surface area contributed by atoms with Crippen LogP contribution in [0.4, 0.5) is 5.95 Å².